The second-order valence-corrected chi connectivity index (χ2v) is 5.72. The molecule has 0 heterocycles. The molecule has 0 atom stereocenters. The highest BCUT2D eigenvalue weighted by atomic mass is 16.5. The van der Waals surface area contributed by atoms with Crippen molar-refractivity contribution in [3.63, 3.8) is 0 Å². The van der Waals surface area contributed by atoms with Gasteiger partial charge in [-0.05, 0) is 47.9 Å². The Morgan fingerprint density at radius 1 is 0.870 bits per heavy atom. The monoisotopic (exact) mass is 316 g/mol. The lowest BCUT2D eigenvalue weighted by atomic mass is 10.1. The summed E-state index contributed by atoms with van der Waals surface area (Å²) >= 11 is 0. The van der Waals surface area contributed by atoms with Crippen LogP contribution in [0.1, 0.15) is 48.9 Å². The number of ether oxygens (including phenoxy) is 1. The van der Waals surface area contributed by atoms with E-state index in [4.69, 9.17) is 14.9 Å². The van der Waals surface area contributed by atoms with Gasteiger partial charge in [-0.1, -0.05) is 37.8 Å². The van der Waals surface area contributed by atoms with Crippen molar-refractivity contribution < 1.29 is 19.7 Å². The number of fused-ring (bicyclic) bond motifs is 1. The second-order valence-electron chi connectivity index (χ2n) is 5.72. The van der Waals surface area contributed by atoms with Crippen molar-refractivity contribution >= 4 is 16.7 Å². The molecule has 23 heavy (non-hydrogen) atoms. The molecule has 0 amide bonds. The van der Waals surface area contributed by atoms with E-state index in [1.54, 1.807) is 12.1 Å². The lowest BCUT2D eigenvalue weighted by Crippen LogP contribution is -1.98. The standard InChI is InChI=1S/C19H24O4/c20-11-5-3-1-2-4-6-12-23-18-10-9-15-13-17(19(21)22)8-7-16(15)14-18/h7-10,13-14,20H,1-6,11-12H2,(H,21,22). The minimum Gasteiger partial charge on any atom is -0.494 e. The Hall–Kier alpha value is -2.07. The largest absolute Gasteiger partial charge is 0.494 e. The van der Waals surface area contributed by atoms with Crippen molar-refractivity contribution in [3.05, 3.63) is 42.0 Å². The zero-order chi connectivity index (χ0) is 16.5. The van der Waals surface area contributed by atoms with Crippen LogP contribution in [0.4, 0.5) is 0 Å². The van der Waals surface area contributed by atoms with Gasteiger partial charge in [-0.25, -0.2) is 4.79 Å². The van der Waals surface area contributed by atoms with Gasteiger partial charge in [0.1, 0.15) is 5.75 Å². The molecule has 0 aliphatic carbocycles. The van der Waals surface area contributed by atoms with Gasteiger partial charge in [-0.2, -0.15) is 0 Å². The van der Waals surface area contributed by atoms with Crippen LogP contribution >= 0.6 is 0 Å². The van der Waals surface area contributed by atoms with Crippen molar-refractivity contribution in [3.8, 4) is 5.75 Å². The van der Waals surface area contributed by atoms with Crippen LogP contribution in [-0.2, 0) is 0 Å². The van der Waals surface area contributed by atoms with Crippen molar-refractivity contribution in [1.29, 1.82) is 0 Å². The third-order valence-corrected chi connectivity index (χ3v) is 3.88. The van der Waals surface area contributed by atoms with Crippen LogP contribution in [0.3, 0.4) is 0 Å². The summed E-state index contributed by atoms with van der Waals surface area (Å²) < 4.78 is 5.76. The Labute approximate surface area is 136 Å². The van der Waals surface area contributed by atoms with Crippen molar-refractivity contribution in [2.24, 2.45) is 0 Å². The Morgan fingerprint density at radius 3 is 2.26 bits per heavy atom. The SMILES string of the molecule is O=C(O)c1ccc2cc(OCCCCCCCCO)ccc2c1. The van der Waals surface area contributed by atoms with Gasteiger partial charge < -0.3 is 14.9 Å². The number of aromatic carboxylic acids is 1. The van der Waals surface area contributed by atoms with Crippen LogP contribution < -0.4 is 4.74 Å². The maximum absolute atomic E-state index is 11.0. The van der Waals surface area contributed by atoms with Crippen LogP contribution in [0.25, 0.3) is 10.8 Å². The van der Waals surface area contributed by atoms with Crippen molar-refractivity contribution in [2.75, 3.05) is 13.2 Å². The van der Waals surface area contributed by atoms with E-state index in [-0.39, 0.29) is 0 Å². The summed E-state index contributed by atoms with van der Waals surface area (Å²) in [6.45, 7) is 0.984. The van der Waals surface area contributed by atoms with Gasteiger partial charge in [-0.15, -0.1) is 0 Å². The first-order valence-electron chi connectivity index (χ1n) is 8.21. The van der Waals surface area contributed by atoms with Crippen molar-refractivity contribution in [2.45, 2.75) is 38.5 Å². The molecule has 0 saturated heterocycles. The molecule has 0 bridgehead atoms. The Balaban J connectivity index is 1.78. The van der Waals surface area contributed by atoms with E-state index in [1.807, 2.05) is 24.3 Å². The molecule has 4 nitrogen and oxygen atoms in total. The second kappa shape index (κ2) is 9.16. The minimum absolute atomic E-state index is 0.291. The molecule has 0 aromatic heterocycles. The van der Waals surface area contributed by atoms with E-state index in [0.29, 0.717) is 18.8 Å². The summed E-state index contributed by atoms with van der Waals surface area (Å²) in [7, 11) is 0. The van der Waals surface area contributed by atoms with Crippen LogP contribution in [0.15, 0.2) is 36.4 Å². The minimum atomic E-state index is -0.911. The van der Waals surface area contributed by atoms with E-state index < -0.39 is 5.97 Å². The summed E-state index contributed by atoms with van der Waals surface area (Å²) in [5, 5.41) is 19.6. The Kier molecular flexibility index (Phi) is 6.88. The summed E-state index contributed by atoms with van der Waals surface area (Å²) in [6, 6.07) is 10.8. The van der Waals surface area contributed by atoms with Gasteiger partial charge in [0.2, 0.25) is 0 Å². The number of hydrogen-bond donors (Lipinski definition) is 2. The number of rotatable bonds is 10. The van der Waals surface area contributed by atoms with Gasteiger partial charge in [0, 0.05) is 6.61 Å². The molecule has 2 N–H and O–H groups in total. The predicted octanol–water partition coefficient (Wildman–Crippen LogP) is 4.25. The number of carboxylic acids is 1. The number of carbonyl (C=O) groups is 1. The maximum atomic E-state index is 11.0. The Morgan fingerprint density at radius 2 is 1.52 bits per heavy atom. The summed E-state index contributed by atoms with van der Waals surface area (Å²) in [5.74, 6) is -0.0907. The molecular weight excluding hydrogens is 292 g/mol. The highest BCUT2D eigenvalue weighted by molar-refractivity contribution is 5.94. The zero-order valence-corrected chi connectivity index (χ0v) is 13.3. The summed E-state index contributed by atoms with van der Waals surface area (Å²) in [5.41, 5.74) is 0.298. The molecule has 0 aliphatic rings. The fraction of sp³-hybridized carbons (Fsp3) is 0.421. The molecule has 0 unspecified atom stereocenters. The lowest BCUT2D eigenvalue weighted by molar-refractivity contribution is 0.0697. The van der Waals surface area contributed by atoms with Gasteiger partial charge >= 0.3 is 5.97 Å². The molecule has 0 saturated carbocycles. The zero-order valence-electron chi connectivity index (χ0n) is 13.3. The van der Waals surface area contributed by atoms with Gasteiger partial charge in [0.15, 0.2) is 0 Å². The number of benzene rings is 2. The number of carboxylic acid groups (broad SMARTS) is 1. The quantitative estimate of drug-likeness (QED) is 0.643. The fourth-order valence-corrected chi connectivity index (χ4v) is 2.56. The van der Waals surface area contributed by atoms with Crippen molar-refractivity contribution in [1.82, 2.24) is 0 Å². The number of unbranched alkanes of at least 4 members (excludes halogenated alkanes) is 5. The normalized spacial score (nSPS) is 10.8. The maximum Gasteiger partial charge on any atom is 0.335 e. The molecule has 4 heteroatoms. The third-order valence-electron chi connectivity index (χ3n) is 3.88. The number of hydrogen-bond acceptors (Lipinski definition) is 3. The molecule has 2 aromatic carbocycles. The summed E-state index contributed by atoms with van der Waals surface area (Å²) in [4.78, 5) is 11.0. The van der Waals surface area contributed by atoms with Gasteiger partial charge in [-0.3, -0.25) is 0 Å². The third kappa shape index (κ3) is 5.57. The van der Waals surface area contributed by atoms with Crippen LogP contribution in [0.2, 0.25) is 0 Å². The first-order chi connectivity index (χ1) is 11.2. The molecule has 2 aromatic rings. The highest BCUT2D eigenvalue weighted by Gasteiger charge is 2.04. The molecule has 0 spiro atoms. The Bertz CT molecular complexity index is 636. The lowest BCUT2D eigenvalue weighted by Gasteiger charge is -2.08. The topological polar surface area (TPSA) is 66.8 Å². The fourth-order valence-electron chi connectivity index (χ4n) is 2.56. The first kappa shape index (κ1) is 17.3. The van der Waals surface area contributed by atoms with Crippen LogP contribution in [0, 0.1) is 0 Å². The highest BCUT2D eigenvalue weighted by Crippen LogP contribution is 2.22. The van der Waals surface area contributed by atoms with E-state index in [2.05, 4.69) is 0 Å². The number of aliphatic hydroxyl groups excluding tert-OH is 1. The smallest absolute Gasteiger partial charge is 0.335 e. The molecular formula is C19H24O4. The average Bonchev–Trinajstić information content (AvgIpc) is 2.56. The predicted molar refractivity (Wildman–Crippen MR) is 91.2 cm³/mol. The number of aliphatic hydroxyl groups is 1. The first-order valence-corrected chi connectivity index (χ1v) is 8.21. The van der Waals surface area contributed by atoms with E-state index in [1.165, 1.54) is 12.8 Å². The summed E-state index contributed by atoms with van der Waals surface area (Å²) in [6.07, 6.45) is 6.51. The average molecular weight is 316 g/mol. The van der Waals surface area contributed by atoms with Gasteiger partial charge in [0.25, 0.3) is 0 Å². The van der Waals surface area contributed by atoms with Crippen LogP contribution in [-0.4, -0.2) is 29.4 Å². The van der Waals surface area contributed by atoms with Crippen LogP contribution in [0.5, 0.6) is 5.75 Å². The molecule has 0 aliphatic heterocycles. The molecule has 0 fully saturated rings. The van der Waals surface area contributed by atoms with E-state index in [9.17, 15) is 4.79 Å². The van der Waals surface area contributed by atoms with Gasteiger partial charge in [0.05, 0.1) is 12.2 Å². The van der Waals surface area contributed by atoms with E-state index in [0.717, 1.165) is 42.2 Å². The molecule has 124 valence electrons. The van der Waals surface area contributed by atoms with E-state index >= 15 is 0 Å². The molecule has 2 rings (SSSR count). The molecule has 0 radical (unpaired) electrons.